The van der Waals surface area contributed by atoms with Gasteiger partial charge in [0.2, 0.25) is 0 Å². The lowest BCUT2D eigenvalue weighted by Gasteiger charge is -2.53. The van der Waals surface area contributed by atoms with Gasteiger partial charge >= 0.3 is 5.97 Å². The molecule has 4 rings (SSSR count). The first kappa shape index (κ1) is 18.3. The highest BCUT2D eigenvalue weighted by molar-refractivity contribution is 5.66. The molecule has 4 aliphatic rings. The van der Waals surface area contributed by atoms with E-state index in [1.165, 1.54) is 51.4 Å². The molecule has 0 heterocycles. The van der Waals surface area contributed by atoms with Crippen LogP contribution in [-0.2, 0) is 4.79 Å². The van der Waals surface area contributed by atoms with Gasteiger partial charge in [-0.15, -0.1) is 0 Å². The molecule has 4 aliphatic carbocycles. The molecule has 2 heteroatoms. The van der Waals surface area contributed by atoms with Gasteiger partial charge in [0.1, 0.15) is 0 Å². The molecule has 2 fully saturated rings. The van der Waals surface area contributed by atoms with Gasteiger partial charge in [-0.2, -0.15) is 0 Å². The van der Waals surface area contributed by atoms with Crippen LogP contribution < -0.4 is 0 Å². The van der Waals surface area contributed by atoms with Crippen molar-refractivity contribution in [1.82, 2.24) is 0 Å². The Morgan fingerprint density at radius 3 is 2.81 bits per heavy atom. The Balaban J connectivity index is 1.60. The third-order valence-corrected chi connectivity index (χ3v) is 8.98. The summed E-state index contributed by atoms with van der Waals surface area (Å²) in [6.45, 7) is 7.37. The zero-order valence-corrected chi connectivity index (χ0v) is 16.9. The largest absolute Gasteiger partial charge is 0.481 e. The van der Waals surface area contributed by atoms with Crippen molar-refractivity contribution >= 4 is 5.97 Å². The Morgan fingerprint density at radius 1 is 1.23 bits per heavy atom. The van der Waals surface area contributed by atoms with Crippen molar-refractivity contribution in [3.05, 3.63) is 23.3 Å². The van der Waals surface area contributed by atoms with E-state index in [-0.39, 0.29) is 0 Å². The molecule has 0 aromatic heterocycles. The van der Waals surface area contributed by atoms with Crippen LogP contribution in [0.2, 0.25) is 0 Å². The summed E-state index contributed by atoms with van der Waals surface area (Å²) >= 11 is 0. The predicted octanol–water partition coefficient (Wildman–Crippen LogP) is 6.38. The molecule has 0 aromatic carbocycles. The number of allylic oxidation sites excluding steroid dienone is 4. The monoisotopic (exact) mass is 356 g/mol. The SMILES string of the molecule is C[C@H](CCC(=O)O)[C@H]1CC[C@H]2C3=CCC4CCCC[C@]4(C)C3=CC[C@]12C. The minimum absolute atomic E-state index is 0.321. The van der Waals surface area contributed by atoms with E-state index in [1.54, 1.807) is 11.1 Å². The summed E-state index contributed by atoms with van der Waals surface area (Å²) in [6, 6.07) is 0. The Kier molecular flexibility index (Phi) is 4.60. The van der Waals surface area contributed by atoms with E-state index in [0.29, 0.717) is 35.0 Å². The van der Waals surface area contributed by atoms with E-state index in [0.717, 1.165) is 12.3 Å². The fourth-order valence-corrected chi connectivity index (χ4v) is 7.41. The predicted molar refractivity (Wildman–Crippen MR) is 106 cm³/mol. The third kappa shape index (κ3) is 2.70. The van der Waals surface area contributed by atoms with Crippen LogP contribution in [0.15, 0.2) is 23.3 Å². The van der Waals surface area contributed by atoms with Crippen molar-refractivity contribution in [1.29, 1.82) is 0 Å². The standard InChI is InChI=1S/C24H36O2/c1-16(7-12-22(25)26)19-10-11-20-18-9-8-17-6-4-5-14-23(17,2)21(18)13-15-24(19,20)3/h9,13,16-17,19-20H,4-8,10-12,14-15H2,1-3H3,(H,25,26)/t16-,17?,19-,20+,23+,24-/m1/s1. The Hall–Kier alpha value is -1.05. The highest BCUT2D eigenvalue weighted by Crippen LogP contribution is 2.64. The van der Waals surface area contributed by atoms with Gasteiger partial charge in [-0.05, 0) is 90.6 Å². The van der Waals surface area contributed by atoms with Crippen molar-refractivity contribution < 1.29 is 9.90 Å². The second kappa shape index (κ2) is 6.53. The van der Waals surface area contributed by atoms with Crippen LogP contribution in [0.4, 0.5) is 0 Å². The molecular weight excluding hydrogens is 320 g/mol. The number of aliphatic carboxylic acids is 1. The second-order valence-corrected chi connectivity index (χ2v) is 10.2. The van der Waals surface area contributed by atoms with E-state index in [1.807, 2.05) is 0 Å². The zero-order valence-electron chi connectivity index (χ0n) is 16.9. The molecule has 2 nitrogen and oxygen atoms in total. The van der Waals surface area contributed by atoms with Crippen molar-refractivity contribution in [3.8, 4) is 0 Å². The molecule has 0 aliphatic heterocycles. The summed E-state index contributed by atoms with van der Waals surface area (Å²) < 4.78 is 0. The minimum atomic E-state index is -0.645. The highest BCUT2D eigenvalue weighted by atomic mass is 16.4. The van der Waals surface area contributed by atoms with Gasteiger partial charge in [-0.3, -0.25) is 4.79 Å². The molecule has 1 N–H and O–H groups in total. The summed E-state index contributed by atoms with van der Waals surface area (Å²) in [6.07, 6.45) is 17.1. The Bertz CT molecular complexity index is 645. The Morgan fingerprint density at radius 2 is 2.04 bits per heavy atom. The first-order valence-corrected chi connectivity index (χ1v) is 11.0. The van der Waals surface area contributed by atoms with E-state index in [9.17, 15) is 4.79 Å². The van der Waals surface area contributed by atoms with E-state index >= 15 is 0 Å². The molecule has 0 amide bonds. The summed E-state index contributed by atoms with van der Waals surface area (Å²) in [7, 11) is 0. The van der Waals surface area contributed by atoms with Crippen molar-refractivity contribution in [2.75, 3.05) is 0 Å². The quantitative estimate of drug-likeness (QED) is 0.635. The second-order valence-electron chi connectivity index (χ2n) is 10.2. The smallest absolute Gasteiger partial charge is 0.303 e. The zero-order chi connectivity index (χ0) is 18.5. The maximum Gasteiger partial charge on any atom is 0.303 e. The van der Waals surface area contributed by atoms with Crippen LogP contribution >= 0.6 is 0 Å². The topological polar surface area (TPSA) is 37.3 Å². The molecule has 2 saturated carbocycles. The van der Waals surface area contributed by atoms with Crippen molar-refractivity contribution in [3.63, 3.8) is 0 Å². The lowest BCUT2D eigenvalue weighted by Crippen LogP contribution is -2.42. The van der Waals surface area contributed by atoms with Gasteiger partial charge in [0, 0.05) is 6.42 Å². The van der Waals surface area contributed by atoms with Crippen molar-refractivity contribution in [2.24, 2.45) is 34.5 Å². The first-order chi connectivity index (χ1) is 12.4. The van der Waals surface area contributed by atoms with Crippen LogP contribution in [-0.4, -0.2) is 11.1 Å². The average Bonchev–Trinajstić information content (AvgIpc) is 2.96. The highest BCUT2D eigenvalue weighted by Gasteiger charge is 2.54. The molecule has 0 radical (unpaired) electrons. The number of hydrogen-bond donors (Lipinski definition) is 1. The lowest BCUT2D eigenvalue weighted by molar-refractivity contribution is -0.137. The summed E-state index contributed by atoms with van der Waals surface area (Å²) in [5, 5.41) is 9.08. The number of rotatable bonds is 4. The molecule has 0 bridgehead atoms. The maximum atomic E-state index is 11.0. The van der Waals surface area contributed by atoms with Crippen LogP contribution in [0, 0.1) is 34.5 Å². The molecule has 26 heavy (non-hydrogen) atoms. The van der Waals surface area contributed by atoms with Crippen LogP contribution in [0.1, 0.15) is 85.0 Å². The van der Waals surface area contributed by atoms with Crippen molar-refractivity contribution in [2.45, 2.75) is 85.0 Å². The maximum absolute atomic E-state index is 11.0. The first-order valence-electron chi connectivity index (χ1n) is 11.0. The van der Waals surface area contributed by atoms with E-state index < -0.39 is 5.97 Å². The molecule has 1 unspecified atom stereocenters. The van der Waals surface area contributed by atoms with Gasteiger partial charge < -0.3 is 5.11 Å². The van der Waals surface area contributed by atoms with Crippen LogP contribution in [0.25, 0.3) is 0 Å². The van der Waals surface area contributed by atoms with Gasteiger partial charge in [0.05, 0.1) is 0 Å². The van der Waals surface area contributed by atoms with Gasteiger partial charge in [-0.25, -0.2) is 0 Å². The van der Waals surface area contributed by atoms with E-state index in [2.05, 4.69) is 32.9 Å². The summed E-state index contributed by atoms with van der Waals surface area (Å²) in [5.41, 5.74) is 4.18. The molecular formula is C24H36O2. The van der Waals surface area contributed by atoms with Crippen LogP contribution in [0.5, 0.6) is 0 Å². The third-order valence-electron chi connectivity index (χ3n) is 8.98. The van der Waals surface area contributed by atoms with Gasteiger partial charge in [0.15, 0.2) is 0 Å². The lowest BCUT2D eigenvalue weighted by atomic mass is 9.52. The summed E-state index contributed by atoms with van der Waals surface area (Å²) in [5.74, 6) is 2.11. The van der Waals surface area contributed by atoms with Crippen LogP contribution in [0.3, 0.4) is 0 Å². The normalized spacial score (nSPS) is 42.8. The average molecular weight is 357 g/mol. The number of carbonyl (C=O) groups is 1. The van der Waals surface area contributed by atoms with Gasteiger partial charge in [0.25, 0.3) is 0 Å². The van der Waals surface area contributed by atoms with Gasteiger partial charge in [-0.1, -0.05) is 45.8 Å². The molecule has 0 aromatic rings. The summed E-state index contributed by atoms with van der Waals surface area (Å²) in [4.78, 5) is 11.0. The fraction of sp³-hybridized carbons (Fsp3) is 0.792. The van der Waals surface area contributed by atoms with E-state index in [4.69, 9.17) is 5.11 Å². The molecule has 144 valence electrons. The number of carboxylic acid groups (broad SMARTS) is 1. The molecule has 0 spiro atoms. The fourth-order valence-electron chi connectivity index (χ4n) is 7.41. The Labute approximate surface area is 159 Å². The number of carboxylic acids is 1. The number of hydrogen-bond acceptors (Lipinski definition) is 1. The molecule has 6 atom stereocenters. The number of fused-ring (bicyclic) bond motifs is 5. The molecule has 0 saturated heterocycles. The minimum Gasteiger partial charge on any atom is -0.481 e.